The fourth-order valence-electron chi connectivity index (χ4n) is 2.28. The van der Waals surface area contributed by atoms with Gasteiger partial charge in [-0.2, -0.15) is 0 Å². The third kappa shape index (κ3) is 3.35. The molecule has 2 aromatic rings. The van der Waals surface area contributed by atoms with Gasteiger partial charge in [0.15, 0.2) is 0 Å². The van der Waals surface area contributed by atoms with E-state index in [2.05, 4.69) is 0 Å². The van der Waals surface area contributed by atoms with Gasteiger partial charge < -0.3 is 5.73 Å². The van der Waals surface area contributed by atoms with Crippen LogP contribution in [0.25, 0.3) is 0 Å². The van der Waals surface area contributed by atoms with Crippen LogP contribution in [0.15, 0.2) is 59.5 Å². The van der Waals surface area contributed by atoms with Crippen LogP contribution in [0.1, 0.15) is 30.5 Å². The lowest BCUT2D eigenvalue weighted by Gasteiger charge is -2.22. The van der Waals surface area contributed by atoms with Crippen molar-refractivity contribution >= 4 is 10.8 Å². The molecule has 0 aliphatic rings. The molecule has 0 radical (unpaired) electrons. The van der Waals surface area contributed by atoms with Gasteiger partial charge in [0.1, 0.15) is 0 Å². The zero-order chi connectivity index (χ0) is 14.5. The lowest BCUT2D eigenvalue weighted by Crippen LogP contribution is -2.29. The van der Waals surface area contributed by atoms with Gasteiger partial charge in [-0.15, -0.1) is 0 Å². The number of nitrogens with two attached hydrogens (primary N) is 1. The number of benzene rings is 2. The molecule has 0 saturated carbocycles. The highest BCUT2D eigenvalue weighted by molar-refractivity contribution is 7.85. The molecule has 0 saturated heterocycles. The number of aryl methyl sites for hydroxylation is 1. The molecule has 0 aromatic heterocycles. The zero-order valence-electron chi connectivity index (χ0n) is 12.0. The van der Waals surface area contributed by atoms with E-state index >= 15 is 0 Å². The summed E-state index contributed by atoms with van der Waals surface area (Å²) in [4.78, 5) is 0.855. The van der Waals surface area contributed by atoms with Gasteiger partial charge in [0.2, 0.25) is 0 Å². The average Bonchev–Trinajstić information content (AvgIpc) is 2.49. The molecule has 0 aliphatic heterocycles. The molecule has 2 aromatic carbocycles. The van der Waals surface area contributed by atoms with Crippen LogP contribution in [-0.4, -0.2) is 9.46 Å². The van der Waals surface area contributed by atoms with Crippen molar-refractivity contribution in [3.8, 4) is 0 Å². The van der Waals surface area contributed by atoms with Crippen LogP contribution in [-0.2, 0) is 10.8 Å². The fraction of sp³-hybridized carbons (Fsp3) is 0.294. The third-order valence-electron chi connectivity index (χ3n) is 3.52. The van der Waals surface area contributed by atoms with Gasteiger partial charge in [-0.1, -0.05) is 55.0 Å². The molecule has 20 heavy (non-hydrogen) atoms. The molecule has 2 rings (SSSR count). The summed E-state index contributed by atoms with van der Waals surface area (Å²) in [6, 6.07) is 17.6. The zero-order valence-corrected chi connectivity index (χ0v) is 12.8. The van der Waals surface area contributed by atoms with Crippen molar-refractivity contribution in [1.29, 1.82) is 0 Å². The molecule has 0 spiro atoms. The molecular weight excluding hydrogens is 266 g/mol. The molecule has 3 unspecified atom stereocenters. The molecule has 3 heteroatoms. The smallest absolute Gasteiger partial charge is 0.0584 e. The van der Waals surface area contributed by atoms with E-state index in [1.165, 1.54) is 5.56 Å². The Labute approximate surface area is 123 Å². The second-order valence-corrected chi connectivity index (χ2v) is 6.67. The Bertz CT molecular complexity index is 565. The van der Waals surface area contributed by atoms with E-state index in [0.717, 1.165) is 16.9 Å². The summed E-state index contributed by atoms with van der Waals surface area (Å²) in [5.74, 6) is 0. The molecule has 0 fully saturated rings. The molecule has 2 nitrogen and oxygen atoms in total. The van der Waals surface area contributed by atoms with Crippen LogP contribution in [0.4, 0.5) is 0 Å². The topological polar surface area (TPSA) is 43.1 Å². The van der Waals surface area contributed by atoms with Crippen molar-refractivity contribution in [3.63, 3.8) is 0 Å². The second-order valence-electron chi connectivity index (χ2n) is 4.99. The lowest BCUT2D eigenvalue weighted by atomic mass is 10.0. The summed E-state index contributed by atoms with van der Waals surface area (Å²) in [6.07, 6.45) is 0.788. The first-order chi connectivity index (χ1) is 9.63. The summed E-state index contributed by atoms with van der Waals surface area (Å²) in [5, 5.41) is -0.0693. The summed E-state index contributed by atoms with van der Waals surface area (Å²) >= 11 is 0. The summed E-state index contributed by atoms with van der Waals surface area (Å²) in [5.41, 5.74) is 8.54. The fourth-order valence-corrected chi connectivity index (χ4v) is 3.76. The first-order valence-electron chi connectivity index (χ1n) is 6.91. The van der Waals surface area contributed by atoms with Gasteiger partial charge in [-0.05, 0) is 31.0 Å². The molecule has 0 aliphatic carbocycles. The molecule has 0 amide bonds. The van der Waals surface area contributed by atoms with Gasteiger partial charge >= 0.3 is 0 Å². The van der Waals surface area contributed by atoms with E-state index in [9.17, 15) is 4.21 Å². The highest BCUT2D eigenvalue weighted by Gasteiger charge is 2.24. The van der Waals surface area contributed by atoms with Crippen LogP contribution in [0.5, 0.6) is 0 Å². The van der Waals surface area contributed by atoms with Gasteiger partial charge in [-0.25, -0.2) is 0 Å². The molecule has 0 bridgehead atoms. The van der Waals surface area contributed by atoms with E-state index in [-0.39, 0.29) is 11.3 Å². The standard InChI is InChI=1S/C17H21NOS/c1-3-16(17(18)14-7-5-4-6-8-14)20(19)15-11-9-13(2)10-12-15/h4-12,16-17H,3,18H2,1-2H3. The second kappa shape index (κ2) is 6.82. The summed E-state index contributed by atoms with van der Waals surface area (Å²) in [6.45, 7) is 4.07. The minimum atomic E-state index is -1.09. The Kier molecular flexibility index (Phi) is 5.10. The minimum absolute atomic E-state index is 0.0693. The van der Waals surface area contributed by atoms with Crippen molar-refractivity contribution in [2.24, 2.45) is 5.73 Å². The van der Waals surface area contributed by atoms with E-state index in [1.54, 1.807) is 0 Å². The number of rotatable bonds is 5. The highest BCUT2D eigenvalue weighted by atomic mass is 32.2. The lowest BCUT2D eigenvalue weighted by molar-refractivity contribution is 0.612. The van der Waals surface area contributed by atoms with Gasteiger partial charge in [0.05, 0.1) is 16.0 Å². The van der Waals surface area contributed by atoms with Gasteiger partial charge in [0.25, 0.3) is 0 Å². The van der Waals surface area contributed by atoms with Crippen LogP contribution in [0, 0.1) is 6.92 Å². The van der Waals surface area contributed by atoms with E-state index in [1.807, 2.05) is 68.4 Å². The Morgan fingerprint density at radius 1 is 1.05 bits per heavy atom. The van der Waals surface area contributed by atoms with Gasteiger partial charge in [0, 0.05) is 10.9 Å². The largest absolute Gasteiger partial charge is 0.323 e. The van der Waals surface area contributed by atoms with E-state index in [0.29, 0.717) is 0 Å². The molecule has 3 atom stereocenters. The Hall–Kier alpha value is -1.45. The van der Waals surface area contributed by atoms with Crippen molar-refractivity contribution in [1.82, 2.24) is 0 Å². The summed E-state index contributed by atoms with van der Waals surface area (Å²) < 4.78 is 12.7. The van der Waals surface area contributed by atoms with Crippen LogP contribution in [0.2, 0.25) is 0 Å². The highest BCUT2D eigenvalue weighted by Crippen LogP contribution is 2.24. The Balaban J connectivity index is 2.23. The van der Waals surface area contributed by atoms with Crippen LogP contribution in [0.3, 0.4) is 0 Å². The maximum Gasteiger partial charge on any atom is 0.0584 e. The Morgan fingerprint density at radius 2 is 1.65 bits per heavy atom. The molecule has 0 heterocycles. The first kappa shape index (κ1) is 14.9. The number of hydrogen-bond acceptors (Lipinski definition) is 2. The van der Waals surface area contributed by atoms with Crippen molar-refractivity contribution in [2.75, 3.05) is 0 Å². The molecule has 2 N–H and O–H groups in total. The van der Waals surface area contributed by atoms with Crippen molar-refractivity contribution in [2.45, 2.75) is 36.5 Å². The third-order valence-corrected chi connectivity index (χ3v) is 5.43. The number of hydrogen-bond donors (Lipinski definition) is 1. The molecular formula is C17H21NOS. The van der Waals surface area contributed by atoms with Crippen molar-refractivity contribution in [3.05, 3.63) is 65.7 Å². The van der Waals surface area contributed by atoms with Crippen LogP contribution < -0.4 is 5.73 Å². The SMILES string of the molecule is CCC(C(N)c1ccccc1)S(=O)c1ccc(C)cc1. The predicted octanol–water partition coefficient (Wildman–Crippen LogP) is 3.58. The predicted molar refractivity (Wildman–Crippen MR) is 85.0 cm³/mol. The summed E-state index contributed by atoms with van der Waals surface area (Å²) in [7, 11) is -1.09. The maximum absolute atomic E-state index is 12.7. The quantitative estimate of drug-likeness (QED) is 0.913. The Morgan fingerprint density at radius 3 is 2.20 bits per heavy atom. The van der Waals surface area contributed by atoms with Gasteiger partial charge in [-0.3, -0.25) is 4.21 Å². The molecule has 106 valence electrons. The van der Waals surface area contributed by atoms with Crippen LogP contribution >= 0.6 is 0 Å². The maximum atomic E-state index is 12.7. The van der Waals surface area contributed by atoms with Crippen molar-refractivity contribution < 1.29 is 4.21 Å². The minimum Gasteiger partial charge on any atom is -0.323 e. The monoisotopic (exact) mass is 287 g/mol. The average molecular weight is 287 g/mol. The normalized spacial score (nSPS) is 15.6. The van der Waals surface area contributed by atoms with E-state index < -0.39 is 10.8 Å². The van der Waals surface area contributed by atoms with E-state index in [4.69, 9.17) is 5.73 Å². The first-order valence-corrected chi connectivity index (χ1v) is 8.12.